The van der Waals surface area contributed by atoms with E-state index >= 15 is 0 Å². The largest absolute Gasteiger partial charge is 0.459 e. The SMILES string of the molecule is CC(=O)O[C@@H]1[C@@H](OC(C)=O)[C@H](OC(C)=O)CS[C@H]1Oc1ccccn1. The van der Waals surface area contributed by atoms with Crippen molar-refractivity contribution in [2.24, 2.45) is 0 Å². The minimum atomic E-state index is -0.972. The van der Waals surface area contributed by atoms with Crippen molar-refractivity contribution in [2.45, 2.75) is 44.5 Å². The highest BCUT2D eigenvalue weighted by molar-refractivity contribution is 7.99. The van der Waals surface area contributed by atoms with Gasteiger partial charge in [0.25, 0.3) is 0 Å². The number of hydrogen-bond donors (Lipinski definition) is 0. The second-order valence-corrected chi connectivity index (χ2v) is 6.41. The third-order valence-electron chi connectivity index (χ3n) is 3.18. The van der Waals surface area contributed by atoms with E-state index in [1.54, 1.807) is 24.4 Å². The Morgan fingerprint density at radius 1 is 1.00 bits per heavy atom. The van der Waals surface area contributed by atoms with Gasteiger partial charge in [0.1, 0.15) is 0 Å². The molecule has 0 unspecified atom stereocenters. The molecule has 8 nitrogen and oxygen atoms in total. The summed E-state index contributed by atoms with van der Waals surface area (Å²) in [5.74, 6) is -1.02. The van der Waals surface area contributed by atoms with Crippen molar-refractivity contribution < 1.29 is 33.3 Å². The van der Waals surface area contributed by atoms with Gasteiger partial charge in [0.15, 0.2) is 23.7 Å². The smallest absolute Gasteiger partial charge is 0.303 e. The molecular formula is C16H19NO7S. The second-order valence-electron chi connectivity index (χ2n) is 5.28. The van der Waals surface area contributed by atoms with Crippen molar-refractivity contribution in [3.8, 4) is 5.88 Å². The van der Waals surface area contributed by atoms with Crippen LogP contribution in [0.15, 0.2) is 24.4 Å². The number of esters is 3. The summed E-state index contributed by atoms with van der Waals surface area (Å²) in [6, 6.07) is 5.15. The minimum absolute atomic E-state index is 0.312. The Bertz CT molecular complexity index is 624. The highest BCUT2D eigenvalue weighted by Gasteiger charge is 2.47. The van der Waals surface area contributed by atoms with Crippen molar-refractivity contribution in [2.75, 3.05) is 5.75 Å². The molecule has 1 aromatic heterocycles. The van der Waals surface area contributed by atoms with Crippen LogP contribution in [0, 0.1) is 0 Å². The first-order valence-electron chi connectivity index (χ1n) is 7.57. The van der Waals surface area contributed by atoms with Crippen LogP contribution in [0.1, 0.15) is 20.8 Å². The maximum atomic E-state index is 11.5. The highest BCUT2D eigenvalue weighted by atomic mass is 32.2. The first kappa shape index (κ1) is 19.0. The first-order chi connectivity index (χ1) is 11.9. The molecular weight excluding hydrogens is 350 g/mol. The van der Waals surface area contributed by atoms with Gasteiger partial charge in [-0.1, -0.05) is 6.07 Å². The van der Waals surface area contributed by atoms with Crippen molar-refractivity contribution in [1.29, 1.82) is 0 Å². The Kier molecular flexibility index (Phi) is 6.63. The molecule has 0 aliphatic carbocycles. The molecule has 2 rings (SSSR count). The fourth-order valence-electron chi connectivity index (χ4n) is 2.35. The molecule has 136 valence electrons. The van der Waals surface area contributed by atoms with Crippen molar-refractivity contribution in [1.82, 2.24) is 4.98 Å². The summed E-state index contributed by atoms with van der Waals surface area (Å²) in [6.07, 6.45) is -1.11. The Hall–Kier alpha value is -2.29. The summed E-state index contributed by atoms with van der Waals surface area (Å²) in [7, 11) is 0. The molecule has 0 amide bonds. The molecule has 1 aliphatic rings. The van der Waals surface area contributed by atoms with Crippen molar-refractivity contribution in [3.63, 3.8) is 0 Å². The lowest BCUT2D eigenvalue weighted by molar-refractivity contribution is -0.186. The highest BCUT2D eigenvalue weighted by Crippen LogP contribution is 2.33. The lowest BCUT2D eigenvalue weighted by Crippen LogP contribution is -2.55. The van der Waals surface area contributed by atoms with Gasteiger partial charge in [0, 0.05) is 38.8 Å². The van der Waals surface area contributed by atoms with Crippen molar-refractivity contribution in [3.05, 3.63) is 24.4 Å². The lowest BCUT2D eigenvalue weighted by Gasteiger charge is -2.39. The molecule has 4 atom stereocenters. The van der Waals surface area contributed by atoms with Gasteiger partial charge in [-0.05, 0) is 6.07 Å². The number of carbonyl (C=O) groups excluding carboxylic acids is 3. The summed E-state index contributed by atoms with van der Waals surface area (Å²) >= 11 is 1.28. The Morgan fingerprint density at radius 3 is 2.20 bits per heavy atom. The zero-order valence-corrected chi connectivity index (χ0v) is 14.9. The third-order valence-corrected chi connectivity index (χ3v) is 4.39. The summed E-state index contributed by atoms with van der Waals surface area (Å²) in [4.78, 5) is 38.4. The number of thioether (sulfide) groups is 1. The van der Waals surface area contributed by atoms with E-state index in [4.69, 9.17) is 18.9 Å². The van der Waals surface area contributed by atoms with Crippen LogP contribution in [0.25, 0.3) is 0 Å². The summed E-state index contributed by atoms with van der Waals surface area (Å²) < 4.78 is 21.6. The zero-order valence-electron chi connectivity index (χ0n) is 14.0. The molecule has 0 bridgehead atoms. The zero-order chi connectivity index (χ0) is 18.4. The normalized spacial score (nSPS) is 25.6. The van der Waals surface area contributed by atoms with Crippen LogP contribution < -0.4 is 4.74 Å². The van der Waals surface area contributed by atoms with Crippen molar-refractivity contribution >= 4 is 29.7 Å². The number of carbonyl (C=O) groups is 3. The van der Waals surface area contributed by atoms with Gasteiger partial charge in [0.2, 0.25) is 5.88 Å². The predicted molar refractivity (Wildman–Crippen MR) is 87.8 cm³/mol. The van der Waals surface area contributed by atoms with E-state index in [2.05, 4.69) is 4.98 Å². The van der Waals surface area contributed by atoms with E-state index in [9.17, 15) is 14.4 Å². The molecule has 25 heavy (non-hydrogen) atoms. The van der Waals surface area contributed by atoms with Gasteiger partial charge in [-0.2, -0.15) is 0 Å². The molecule has 9 heteroatoms. The second kappa shape index (κ2) is 8.70. The third kappa shape index (κ3) is 5.63. The molecule has 0 aromatic carbocycles. The quantitative estimate of drug-likeness (QED) is 0.562. The Morgan fingerprint density at radius 2 is 1.64 bits per heavy atom. The molecule has 0 N–H and O–H groups in total. The number of ether oxygens (including phenoxy) is 4. The standard InChI is InChI=1S/C16H19NO7S/c1-9(18)21-12-8-25-16(24-13-6-4-5-7-17-13)15(23-11(3)20)14(12)22-10(2)19/h4-7,12,14-16H,8H2,1-3H3/t12-,14+,15-,16-/m1/s1. The number of aromatic nitrogens is 1. The first-order valence-corrected chi connectivity index (χ1v) is 8.62. The van der Waals surface area contributed by atoms with Crippen LogP contribution in [0.2, 0.25) is 0 Å². The number of pyridine rings is 1. The fraction of sp³-hybridized carbons (Fsp3) is 0.500. The van der Waals surface area contributed by atoms with E-state index in [-0.39, 0.29) is 0 Å². The molecule has 0 saturated carbocycles. The molecule has 1 fully saturated rings. The molecule has 1 aliphatic heterocycles. The summed E-state index contributed by atoms with van der Waals surface area (Å²) in [6.45, 7) is 3.72. The van der Waals surface area contributed by atoms with Gasteiger partial charge in [-0.25, -0.2) is 4.98 Å². The number of nitrogens with zero attached hydrogens (tertiary/aromatic N) is 1. The van der Waals surface area contributed by atoms with Gasteiger partial charge in [0.05, 0.1) is 0 Å². The van der Waals surface area contributed by atoms with E-state index in [0.717, 1.165) is 0 Å². The number of hydrogen-bond acceptors (Lipinski definition) is 9. The van der Waals surface area contributed by atoms with Crippen LogP contribution in [0.4, 0.5) is 0 Å². The predicted octanol–water partition coefficient (Wildman–Crippen LogP) is 1.33. The van der Waals surface area contributed by atoms with Gasteiger partial charge in [-0.3, -0.25) is 14.4 Å². The van der Waals surface area contributed by atoms with E-state index < -0.39 is 41.7 Å². The van der Waals surface area contributed by atoms with Gasteiger partial charge in [-0.15, -0.1) is 11.8 Å². The molecule has 0 radical (unpaired) electrons. The van der Waals surface area contributed by atoms with Crippen LogP contribution >= 0.6 is 11.8 Å². The maximum Gasteiger partial charge on any atom is 0.303 e. The summed E-state index contributed by atoms with van der Waals surface area (Å²) in [5, 5.41) is 0. The van der Waals surface area contributed by atoms with Crippen LogP contribution in [-0.2, 0) is 28.6 Å². The number of rotatable bonds is 5. The maximum absolute atomic E-state index is 11.5. The van der Waals surface area contributed by atoms with Crippen LogP contribution in [0.5, 0.6) is 5.88 Å². The average Bonchev–Trinajstić information content (AvgIpc) is 2.52. The molecule has 0 spiro atoms. The molecule has 2 heterocycles. The van der Waals surface area contributed by atoms with E-state index in [1.807, 2.05) is 0 Å². The molecule has 1 saturated heterocycles. The monoisotopic (exact) mass is 369 g/mol. The summed E-state index contributed by atoms with van der Waals surface area (Å²) in [5.41, 5.74) is -0.671. The minimum Gasteiger partial charge on any atom is -0.459 e. The van der Waals surface area contributed by atoms with Crippen LogP contribution in [-0.4, -0.2) is 52.4 Å². The lowest BCUT2D eigenvalue weighted by atomic mass is 10.1. The fourth-order valence-corrected chi connectivity index (χ4v) is 3.55. The van der Waals surface area contributed by atoms with E-state index in [1.165, 1.54) is 32.5 Å². The van der Waals surface area contributed by atoms with Gasteiger partial charge < -0.3 is 18.9 Å². The van der Waals surface area contributed by atoms with Crippen LogP contribution in [0.3, 0.4) is 0 Å². The topological polar surface area (TPSA) is 101 Å². The average molecular weight is 369 g/mol. The molecule has 1 aromatic rings. The Balaban J connectivity index is 2.25. The van der Waals surface area contributed by atoms with E-state index in [0.29, 0.717) is 11.6 Å². The van der Waals surface area contributed by atoms with Gasteiger partial charge >= 0.3 is 17.9 Å². The Labute approximate surface area is 149 Å².